The molecule has 0 saturated carbocycles. The van der Waals surface area contributed by atoms with E-state index in [2.05, 4.69) is 30.9 Å². The maximum Gasteiger partial charge on any atom is 0.298 e. The van der Waals surface area contributed by atoms with Crippen LogP contribution in [0, 0.1) is 13.8 Å². The highest BCUT2D eigenvalue weighted by Gasteiger charge is 2.25. The smallest absolute Gasteiger partial charge is 0.298 e. The molecule has 2 aliphatic heterocycles. The molecular formula is C21H26N8O2. The molecule has 3 aromatic heterocycles. The molecule has 5 rings (SSSR count). The molecule has 0 atom stereocenters. The second kappa shape index (κ2) is 7.77. The number of ether oxygens (including phenoxy) is 1. The SMILES string of the molecule is Cc1ncc(C)n2nc(C(=O)N(C)c3cc(N4CCOCC4)cc(N4CCC4)n3)nc12. The predicted octanol–water partition coefficient (Wildman–Crippen LogP) is 1.46. The zero-order valence-electron chi connectivity index (χ0n) is 18.1. The number of aromatic nitrogens is 5. The van der Waals surface area contributed by atoms with Gasteiger partial charge in [-0.25, -0.2) is 14.5 Å². The minimum Gasteiger partial charge on any atom is -0.378 e. The van der Waals surface area contributed by atoms with Crippen molar-refractivity contribution in [2.24, 2.45) is 0 Å². The van der Waals surface area contributed by atoms with Gasteiger partial charge in [-0.15, -0.1) is 5.10 Å². The molecule has 5 heterocycles. The number of pyridine rings is 1. The van der Waals surface area contributed by atoms with Gasteiger partial charge in [0.2, 0.25) is 5.82 Å². The Morgan fingerprint density at radius 2 is 1.84 bits per heavy atom. The molecule has 0 N–H and O–H groups in total. The molecule has 2 saturated heterocycles. The summed E-state index contributed by atoms with van der Waals surface area (Å²) in [7, 11) is 1.72. The van der Waals surface area contributed by atoms with Crippen LogP contribution >= 0.6 is 0 Å². The Kier molecular flexibility index (Phi) is 4.93. The molecule has 162 valence electrons. The van der Waals surface area contributed by atoms with Crippen LogP contribution in [0.2, 0.25) is 0 Å². The fourth-order valence-electron chi connectivity index (χ4n) is 3.81. The van der Waals surface area contributed by atoms with E-state index in [1.807, 2.05) is 19.9 Å². The van der Waals surface area contributed by atoms with E-state index >= 15 is 0 Å². The number of hydrogen-bond donors (Lipinski definition) is 0. The van der Waals surface area contributed by atoms with Gasteiger partial charge in [0, 0.05) is 57.2 Å². The number of nitrogens with zero attached hydrogens (tertiary/aromatic N) is 8. The first kappa shape index (κ1) is 19.7. The third kappa shape index (κ3) is 3.56. The van der Waals surface area contributed by atoms with Crippen molar-refractivity contribution in [3.8, 4) is 0 Å². The van der Waals surface area contributed by atoms with Crippen molar-refractivity contribution in [1.29, 1.82) is 0 Å². The summed E-state index contributed by atoms with van der Waals surface area (Å²) in [6.45, 7) is 8.74. The number of carbonyl (C=O) groups excluding carboxylic acids is 1. The molecule has 2 fully saturated rings. The first-order chi connectivity index (χ1) is 15.0. The monoisotopic (exact) mass is 422 g/mol. The molecule has 3 aromatic rings. The number of morpholine rings is 1. The second-order valence-electron chi connectivity index (χ2n) is 8.00. The third-order valence-corrected chi connectivity index (χ3v) is 5.89. The number of carbonyl (C=O) groups is 1. The number of hydrogen-bond acceptors (Lipinski definition) is 8. The van der Waals surface area contributed by atoms with E-state index in [0.29, 0.717) is 24.7 Å². The molecule has 0 unspecified atom stereocenters. The maximum absolute atomic E-state index is 13.3. The van der Waals surface area contributed by atoms with Crippen LogP contribution in [0.5, 0.6) is 0 Å². The van der Waals surface area contributed by atoms with E-state index in [-0.39, 0.29) is 11.7 Å². The summed E-state index contributed by atoms with van der Waals surface area (Å²) in [4.78, 5) is 32.8. The summed E-state index contributed by atoms with van der Waals surface area (Å²) in [5, 5.41) is 4.43. The summed E-state index contributed by atoms with van der Waals surface area (Å²) in [5.41, 5.74) is 3.19. The Balaban J connectivity index is 1.50. The minimum absolute atomic E-state index is 0.130. The fraction of sp³-hybridized carbons (Fsp3) is 0.476. The van der Waals surface area contributed by atoms with Gasteiger partial charge < -0.3 is 14.5 Å². The van der Waals surface area contributed by atoms with Crippen LogP contribution in [0.4, 0.5) is 17.3 Å². The number of aryl methyl sites for hydroxylation is 2. The Hall–Kier alpha value is -3.27. The van der Waals surface area contributed by atoms with Crippen LogP contribution in [0.15, 0.2) is 18.3 Å². The summed E-state index contributed by atoms with van der Waals surface area (Å²) in [6, 6.07) is 4.06. The normalized spacial score (nSPS) is 16.5. The molecule has 0 bridgehead atoms. The lowest BCUT2D eigenvalue weighted by Crippen LogP contribution is -2.39. The Morgan fingerprint density at radius 3 is 2.52 bits per heavy atom. The molecule has 1 amide bonds. The van der Waals surface area contributed by atoms with E-state index in [0.717, 1.165) is 55.5 Å². The topological polar surface area (TPSA) is 92.0 Å². The minimum atomic E-state index is -0.302. The standard InChI is InChI=1S/C21H26N8O2/c1-14-13-22-15(2)20-24-19(25-29(14)20)21(30)26(3)17-11-16(27-7-9-31-10-8-27)12-18(23-17)28-5-4-6-28/h11-13H,4-10H2,1-3H3. The fourth-order valence-corrected chi connectivity index (χ4v) is 3.81. The van der Waals surface area contributed by atoms with Gasteiger partial charge in [0.15, 0.2) is 5.65 Å². The van der Waals surface area contributed by atoms with E-state index in [1.54, 1.807) is 17.8 Å². The number of fused-ring (bicyclic) bond motifs is 1. The molecule has 2 aliphatic rings. The van der Waals surface area contributed by atoms with Crippen molar-refractivity contribution >= 4 is 28.9 Å². The number of rotatable bonds is 4. The molecule has 0 spiro atoms. The summed E-state index contributed by atoms with van der Waals surface area (Å²) < 4.78 is 7.16. The van der Waals surface area contributed by atoms with Crippen molar-refractivity contribution in [1.82, 2.24) is 24.6 Å². The zero-order valence-corrected chi connectivity index (χ0v) is 18.1. The van der Waals surface area contributed by atoms with Gasteiger partial charge in [0.25, 0.3) is 5.91 Å². The third-order valence-electron chi connectivity index (χ3n) is 5.89. The van der Waals surface area contributed by atoms with Gasteiger partial charge in [-0.05, 0) is 20.3 Å². The van der Waals surface area contributed by atoms with Crippen LogP contribution in [0.1, 0.15) is 28.4 Å². The van der Waals surface area contributed by atoms with E-state index in [1.165, 1.54) is 4.90 Å². The lowest BCUT2D eigenvalue weighted by atomic mass is 10.2. The number of amides is 1. The van der Waals surface area contributed by atoms with Crippen molar-refractivity contribution in [2.45, 2.75) is 20.3 Å². The van der Waals surface area contributed by atoms with E-state index < -0.39 is 0 Å². The van der Waals surface area contributed by atoms with Gasteiger partial charge in [0.05, 0.1) is 24.6 Å². The predicted molar refractivity (Wildman–Crippen MR) is 117 cm³/mol. The lowest BCUT2D eigenvalue weighted by molar-refractivity contribution is 0.0982. The average Bonchev–Trinajstić information content (AvgIpc) is 3.21. The van der Waals surface area contributed by atoms with Gasteiger partial charge in [-0.3, -0.25) is 14.7 Å². The van der Waals surface area contributed by atoms with Crippen molar-refractivity contribution in [3.05, 3.63) is 35.5 Å². The van der Waals surface area contributed by atoms with Gasteiger partial charge >= 0.3 is 0 Å². The number of anilines is 3. The quantitative estimate of drug-likeness (QED) is 0.624. The first-order valence-electron chi connectivity index (χ1n) is 10.6. The van der Waals surface area contributed by atoms with E-state index in [9.17, 15) is 4.79 Å². The zero-order chi connectivity index (χ0) is 21.5. The average molecular weight is 422 g/mol. The van der Waals surface area contributed by atoms with Crippen LogP contribution in [-0.2, 0) is 4.74 Å². The molecule has 31 heavy (non-hydrogen) atoms. The van der Waals surface area contributed by atoms with Gasteiger partial charge in [-0.1, -0.05) is 0 Å². The van der Waals surface area contributed by atoms with Crippen LogP contribution in [-0.4, -0.2) is 76.9 Å². The molecular weight excluding hydrogens is 396 g/mol. The van der Waals surface area contributed by atoms with E-state index in [4.69, 9.17) is 9.72 Å². The lowest BCUT2D eigenvalue weighted by Gasteiger charge is -2.35. The largest absolute Gasteiger partial charge is 0.378 e. The molecule has 0 radical (unpaired) electrons. The molecule has 10 nitrogen and oxygen atoms in total. The van der Waals surface area contributed by atoms with Crippen LogP contribution < -0.4 is 14.7 Å². The maximum atomic E-state index is 13.3. The summed E-state index contributed by atoms with van der Waals surface area (Å²) in [6.07, 6.45) is 2.88. The van der Waals surface area contributed by atoms with Crippen molar-refractivity contribution in [3.63, 3.8) is 0 Å². The van der Waals surface area contributed by atoms with Gasteiger partial charge in [0.1, 0.15) is 11.6 Å². The summed E-state index contributed by atoms with van der Waals surface area (Å²) >= 11 is 0. The Bertz CT molecular complexity index is 1090. The molecule has 0 aliphatic carbocycles. The second-order valence-corrected chi connectivity index (χ2v) is 8.00. The highest BCUT2D eigenvalue weighted by molar-refractivity contribution is 6.03. The molecule has 10 heteroatoms. The first-order valence-corrected chi connectivity index (χ1v) is 10.6. The van der Waals surface area contributed by atoms with Gasteiger partial charge in [-0.2, -0.15) is 0 Å². The van der Waals surface area contributed by atoms with Crippen molar-refractivity contribution < 1.29 is 9.53 Å². The highest BCUT2D eigenvalue weighted by atomic mass is 16.5. The molecule has 0 aromatic carbocycles. The Morgan fingerprint density at radius 1 is 1.06 bits per heavy atom. The summed E-state index contributed by atoms with van der Waals surface area (Å²) in [5.74, 6) is 1.31. The highest BCUT2D eigenvalue weighted by Crippen LogP contribution is 2.29. The van der Waals surface area contributed by atoms with Crippen LogP contribution in [0.25, 0.3) is 5.65 Å². The van der Waals surface area contributed by atoms with Crippen LogP contribution in [0.3, 0.4) is 0 Å². The Labute approximate surface area is 180 Å². The van der Waals surface area contributed by atoms with Crippen molar-refractivity contribution in [2.75, 3.05) is 61.1 Å².